The fourth-order valence-electron chi connectivity index (χ4n) is 2.44. The van der Waals surface area contributed by atoms with Crippen LogP contribution in [0.1, 0.15) is 32.6 Å². The van der Waals surface area contributed by atoms with Crippen LogP contribution in [0.2, 0.25) is 0 Å². The van der Waals surface area contributed by atoms with Crippen molar-refractivity contribution >= 4 is 12.0 Å². The van der Waals surface area contributed by atoms with E-state index < -0.39 is 17.5 Å². The molecule has 0 aromatic heterocycles. The number of carboxylic acids is 1. The molecule has 0 saturated heterocycles. The number of aliphatic carboxylic acids is 1. The summed E-state index contributed by atoms with van der Waals surface area (Å²) < 4.78 is 4.81. The van der Waals surface area contributed by atoms with Crippen LogP contribution in [0, 0.1) is 5.92 Å². The summed E-state index contributed by atoms with van der Waals surface area (Å²) in [4.78, 5) is 23.1. The van der Waals surface area contributed by atoms with Crippen molar-refractivity contribution in [1.29, 1.82) is 0 Å². The Hall–Kier alpha value is -1.30. The molecule has 0 aromatic carbocycles. The predicted molar refractivity (Wildman–Crippen MR) is 66.4 cm³/mol. The molecule has 1 rings (SSSR count). The minimum absolute atomic E-state index is 0.314. The van der Waals surface area contributed by atoms with E-state index in [1.165, 1.54) is 0 Å². The molecule has 0 bridgehead atoms. The number of hydrogen-bond acceptors (Lipinski definition) is 3. The highest BCUT2D eigenvalue weighted by Gasteiger charge is 2.43. The van der Waals surface area contributed by atoms with E-state index in [-0.39, 0.29) is 0 Å². The van der Waals surface area contributed by atoms with Crippen LogP contribution < -0.4 is 10.6 Å². The number of carboxylic acid groups (broad SMARTS) is 1. The van der Waals surface area contributed by atoms with Gasteiger partial charge in [0.2, 0.25) is 0 Å². The second kappa shape index (κ2) is 6.58. The molecule has 2 atom stereocenters. The van der Waals surface area contributed by atoms with E-state index in [0.29, 0.717) is 31.9 Å². The summed E-state index contributed by atoms with van der Waals surface area (Å²) in [5, 5.41) is 14.6. The van der Waals surface area contributed by atoms with Gasteiger partial charge in [-0.3, -0.25) is 0 Å². The maximum atomic E-state index is 11.7. The van der Waals surface area contributed by atoms with Crippen LogP contribution in [0.3, 0.4) is 0 Å². The third-order valence-electron chi connectivity index (χ3n) is 3.35. The highest BCUT2D eigenvalue weighted by atomic mass is 16.5. The van der Waals surface area contributed by atoms with Crippen molar-refractivity contribution in [2.75, 3.05) is 20.3 Å². The fraction of sp³-hybridized carbons (Fsp3) is 0.833. The molecule has 1 aliphatic carbocycles. The summed E-state index contributed by atoms with van der Waals surface area (Å²) in [6, 6.07) is -0.441. The molecule has 0 radical (unpaired) electrons. The van der Waals surface area contributed by atoms with E-state index in [1.54, 1.807) is 7.11 Å². The maximum Gasteiger partial charge on any atom is 0.329 e. The molecule has 1 fully saturated rings. The van der Waals surface area contributed by atoms with Gasteiger partial charge in [-0.1, -0.05) is 19.8 Å². The van der Waals surface area contributed by atoms with Crippen molar-refractivity contribution in [3.8, 4) is 0 Å². The molecular weight excluding hydrogens is 236 g/mol. The Kier molecular flexibility index (Phi) is 5.40. The zero-order chi connectivity index (χ0) is 13.6. The van der Waals surface area contributed by atoms with Gasteiger partial charge < -0.3 is 20.5 Å². The van der Waals surface area contributed by atoms with Crippen LogP contribution in [0.4, 0.5) is 4.79 Å². The lowest BCUT2D eigenvalue weighted by atomic mass is 9.76. The second-order valence-corrected chi connectivity index (χ2v) is 4.96. The molecule has 1 saturated carbocycles. The molecule has 104 valence electrons. The van der Waals surface area contributed by atoms with E-state index in [0.717, 1.165) is 12.8 Å². The summed E-state index contributed by atoms with van der Waals surface area (Å²) in [5.74, 6) is -0.634. The van der Waals surface area contributed by atoms with Gasteiger partial charge in [-0.15, -0.1) is 0 Å². The maximum absolute atomic E-state index is 11.7. The lowest BCUT2D eigenvalue weighted by molar-refractivity contribution is -0.146. The van der Waals surface area contributed by atoms with Gasteiger partial charge in [0.1, 0.15) is 5.54 Å². The van der Waals surface area contributed by atoms with Crippen LogP contribution in [0.25, 0.3) is 0 Å². The quantitative estimate of drug-likeness (QED) is 0.641. The first kappa shape index (κ1) is 14.8. The molecule has 6 nitrogen and oxygen atoms in total. The first-order valence-electron chi connectivity index (χ1n) is 6.28. The molecular formula is C12H22N2O4. The van der Waals surface area contributed by atoms with Gasteiger partial charge in [0.05, 0.1) is 6.61 Å². The minimum atomic E-state index is -1.12. The Labute approximate surface area is 107 Å². The van der Waals surface area contributed by atoms with Gasteiger partial charge >= 0.3 is 12.0 Å². The number of amides is 2. The molecule has 2 unspecified atom stereocenters. The molecule has 2 amide bonds. The standard InChI is InChI=1S/C12H22N2O4/c1-9-4-3-5-12(8-9,10(15)16)14-11(17)13-6-7-18-2/h9H,3-8H2,1-2H3,(H,15,16)(H2,13,14,17). The van der Waals surface area contributed by atoms with Crippen LogP contribution in [-0.4, -0.2) is 42.9 Å². The molecule has 3 N–H and O–H groups in total. The molecule has 0 aliphatic heterocycles. The number of hydrogen-bond donors (Lipinski definition) is 3. The van der Waals surface area contributed by atoms with Crippen LogP contribution in [-0.2, 0) is 9.53 Å². The second-order valence-electron chi connectivity index (χ2n) is 4.96. The molecule has 0 heterocycles. The number of nitrogens with one attached hydrogen (secondary N) is 2. The average Bonchev–Trinajstić information content (AvgIpc) is 2.29. The van der Waals surface area contributed by atoms with Crippen LogP contribution in [0.5, 0.6) is 0 Å². The SMILES string of the molecule is COCCNC(=O)NC1(C(=O)O)CCCC(C)C1. The van der Waals surface area contributed by atoms with E-state index >= 15 is 0 Å². The van der Waals surface area contributed by atoms with Gasteiger partial charge in [-0.05, 0) is 18.8 Å². The highest BCUT2D eigenvalue weighted by molar-refractivity contribution is 5.86. The molecule has 6 heteroatoms. The van der Waals surface area contributed by atoms with Crippen molar-refractivity contribution in [3.05, 3.63) is 0 Å². The monoisotopic (exact) mass is 258 g/mol. The largest absolute Gasteiger partial charge is 0.480 e. The number of rotatable bonds is 5. The molecule has 18 heavy (non-hydrogen) atoms. The lowest BCUT2D eigenvalue weighted by Crippen LogP contribution is -2.59. The Bertz CT molecular complexity index is 308. The highest BCUT2D eigenvalue weighted by Crippen LogP contribution is 2.32. The van der Waals surface area contributed by atoms with Gasteiger partial charge in [0, 0.05) is 13.7 Å². The summed E-state index contributed by atoms with van der Waals surface area (Å²) in [6.45, 7) is 2.79. The van der Waals surface area contributed by atoms with Crippen molar-refractivity contribution in [3.63, 3.8) is 0 Å². The van der Waals surface area contributed by atoms with Gasteiger partial charge in [-0.25, -0.2) is 9.59 Å². The van der Waals surface area contributed by atoms with E-state index in [2.05, 4.69) is 10.6 Å². The van der Waals surface area contributed by atoms with Crippen LogP contribution in [0.15, 0.2) is 0 Å². The molecule has 1 aliphatic rings. The number of ether oxygens (including phenoxy) is 1. The van der Waals surface area contributed by atoms with E-state index in [4.69, 9.17) is 4.74 Å². The summed E-state index contributed by atoms with van der Waals surface area (Å²) >= 11 is 0. The Morgan fingerprint density at radius 3 is 2.78 bits per heavy atom. The average molecular weight is 258 g/mol. The number of methoxy groups -OCH3 is 1. The summed E-state index contributed by atoms with van der Waals surface area (Å²) in [7, 11) is 1.54. The molecule has 0 aromatic rings. The Balaban J connectivity index is 2.57. The smallest absolute Gasteiger partial charge is 0.329 e. The lowest BCUT2D eigenvalue weighted by Gasteiger charge is -2.36. The summed E-state index contributed by atoms with van der Waals surface area (Å²) in [6.07, 6.45) is 2.82. The van der Waals surface area contributed by atoms with Crippen molar-refractivity contribution in [2.24, 2.45) is 5.92 Å². The van der Waals surface area contributed by atoms with Gasteiger partial charge in [-0.2, -0.15) is 0 Å². The zero-order valence-corrected chi connectivity index (χ0v) is 11.0. The topological polar surface area (TPSA) is 87.7 Å². The normalized spacial score (nSPS) is 27.6. The first-order chi connectivity index (χ1) is 8.50. The fourth-order valence-corrected chi connectivity index (χ4v) is 2.44. The van der Waals surface area contributed by atoms with Gasteiger partial charge in [0.15, 0.2) is 0 Å². The van der Waals surface area contributed by atoms with Crippen molar-refractivity contribution in [1.82, 2.24) is 10.6 Å². The third kappa shape index (κ3) is 3.87. The van der Waals surface area contributed by atoms with Crippen molar-refractivity contribution in [2.45, 2.75) is 38.1 Å². The van der Waals surface area contributed by atoms with E-state index in [9.17, 15) is 14.7 Å². The zero-order valence-electron chi connectivity index (χ0n) is 11.0. The number of urea groups is 1. The van der Waals surface area contributed by atoms with Gasteiger partial charge in [0.25, 0.3) is 0 Å². The van der Waals surface area contributed by atoms with Crippen LogP contribution >= 0.6 is 0 Å². The summed E-state index contributed by atoms with van der Waals surface area (Å²) in [5.41, 5.74) is -1.12. The third-order valence-corrected chi connectivity index (χ3v) is 3.35. The first-order valence-corrected chi connectivity index (χ1v) is 6.28. The molecule has 0 spiro atoms. The predicted octanol–water partition coefficient (Wildman–Crippen LogP) is 0.965. The van der Waals surface area contributed by atoms with E-state index in [1.807, 2.05) is 6.92 Å². The Morgan fingerprint density at radius 2 is 2.22 bits per heavy atom. The number of carbonyl (C=O) groups excluding carboxylic acids is 1. The van der Waals surface area contributed by atoms with Crippen molar-refractivity contribution < 1.29 is 19.4 Å². The number of carbonyl (C=O) groups is 2. The Morgan fingerprint density at radius 1 is 1.50 bits per heavy atom. The minimum Gasteiger partial charge on any atom is -0.480 e.